The second-order valence-electron chi connectivity index (χ2n) is 2.55. The molecule has 0 aromatic carbocycles. The van der Waals surface area contributed by atoms with Crippen molar-refractivity contribution in [1.82, 2.24) is 10.4 Å². The average molecular weight is 192 g/mol. The van der Waals surface area contributed by atoms with Crippen LogP contribution in [0.3, 0.4) is 0 Å². The zero-order valence-corrected chi connectivity index (χ0v) is 7.73. The Morgan fingerprint density at radius 1 is 1.71 bits per heavy atom. The largest absolute Gasteiger partial charge is 0.529 e. The van der Waals surface area contributed by atoms with Gasteiger partial charge in [0.15, 0.2) is 6.09 Å². The number of hydrogen-bond donors (Lipinski definition) is 1. The maximum Gasteiger partial charge on any atom is 0.155 e. The van der Waals surface area contributed by atoms with Crippen molar-refractivity contribution in [1.29, 1.82) is 0 Å². The molecule has 1 amide bonds. The number of carboxylic acid groups (broad SMARTS) is 1. The van der Waals surface area contributed by atoms with Gasteiger partial charge in [-0.1, -0.05) is 13.0 Å². The van der Waals surface area contributed by atoms with Crippen molar-refractivity contribution in [2.45, 2.75) is 13.3 Å². The summed E-state index contributed by atoms with van der Waals surface area (Å²) in [5, 5.41) is 13.8. The van der Waals surface area contributed by atoms with Crippen molar-refractivity contribution >= 4 is 11.8 Å². The molecular weight excluding hydrogens is 182 g/mol. The minimum absolute atomic E-state index is 0.617. The third-order valence-corrected chi connectivity index (χ3v) is 1.61. The number of amides is 1. The van der Waals surface area contributed by atoms with Crippen molar-refractivity contribution < 1.29 is 9.90 Å². The van der Waals surface area contributed by atoms with Gasteiger partial charge in [0.25, 0.3) is 0 Å². The molecule has 1 N–H and O–H groups in total. The van der Waals surface area contributed by atoms with Crippen LogP contribution in [-0.4, -0.2) is 16.8 Å². The standard InChI is InChI=1S/C9H11N3O2/c1-2-8(11-12-9(13)14)7-4-3-5-10-6-7/h3-6,12H,2H2,1H3,(H,13,14)/p-1/b11-8-. The Morgan fingerprint density at radius 3 is 3.00 bits per heavy atom. The summed E-state index contributed by atoms with van der Waals surface area (Å²) in [5.74, 6) is 0. The first-order valence-corrected chi connectivity index (χ1v) is 4.18. The fourth-order valence-corrected chi connectivity index (χ4v) is 0.994. The highest BCUT2D eigenvalue weighted by molar-refractivity contribution is 6.00. The molecule has 1 rings (SSSR count). The molecule has 1 aromatic heterocycles. The molecule has 0 spiro atoms. The Morgan fingerprint density at radius 2 is 2.50 bits per heavy atom. The smallest absolute Gasteiger partial charge is 0.155 e. The van der Waals surface area contributed by atoms with Gasteiger partial charge in [-0.05, 0) is 12.5 Å². The minimum atomic E-state index is -1.42. The van der Waals surface area contributed by atoms with Gasteiger partial charge in [0.2, 0.25) is 0 Å². The highest BCUT2D eigenvalue weighted by Crippen LogP contribution is 2.01. The Balaban J connectivity index is 2.82. The number of hydrazone groups is 1. The second-order valence-corrected chi connectivity index (χ2v) is 2.55. The van der Waals surface area contributed by atoms with Crippen LogP contribution in [0.2, 0.25) is 0 Å². The predicted octanol–water partition coefficient (Wildman–Crippen LogP) is 0.129. The molecule has 1 aromatic rings. The molecule has 0 saturated carbocycles. The van der Waals surface area contributed by atoms with E-state index in [1.165, 1.54) is 0 Å². The summed E-state index contributed by atoms with van der Waals surface area (Å²) in [5.41, 5.74) is 3.28. The number of carbonyl (C=O) groups excluding carboxylic acids is 1. The van der Waals surface area contributed by atoms with E-state index >= 15 is 0 Å². The van der Waals surface area contributed by atoms with Gasteiger partial charge in [-0.2, -0.15) is 5.10 Å². The van der Waals surface area contributed by atoms with Crippen LogP contribution in [-0.2, 0) is 0 Å². The van der Waals surface area contributed by atoms with E-state index in [9.17, 15) is 9.90 Å². The molecule has 5 heteroatoms. The lowest BCUT2D eigenvalue weighted by Gasteiger charge is -2.04. The molecule has 0 atom stereocenters. The topological polar surface area (TPSA) is 77.4 Å². The van der Waals surface area contributed by atoms with E-state index in [4.69, 9.17) is 0 Å². The van der Waals surface area contributed by atoms with E-state index < -0.39 is 6.09 Å². The molecule has 1 heterocycles. The SMILES string of the molecule is CC/C(=N/NC(=O)[O-])c1cccnc1. The van der Waals surface area contributed by atoms with Gasteiger partial charge in [0.1, 0.15) is 0 Å². The van der Waals surface area contributed by atoms with Gasteiger partial charge in [0.05, 0.1) is 5.71 Å². The summed E-state index contributed by atoms with van der Waals surface area (Å²) in [4.78, 5) is 14.0. The lowest BCUT2D eigenvalue weighted by molar-refractivity contribution is -0.250. The number of hydrogen-bond acceptors (Lipinski definition) is 4. The number of rotatable bonds is 3. The lowest BCUT2D eigenvalue weighted by Crippen LogP contribution is -2.33. The Kier molecular flexibility index (Phi) is 3.60. The van der Waals surface area contributed by atoms with Crippen molar-refractivity contribution in [3.63, 3.8) is 0 Å². The molecule has 0 aliphatic carbocycles. The van der Waals surface area contributed by atoms with Crippen molar-refractivity contribution in [2.75, 3.05) is 0 Å². The molecule has 5 nitrogen and oxygen atoms in total. The van der Waals surface area contributed by atoms with E-state index in [0.717, 1.165) is 5.56 Å². The van der Waals surface area contributed by atoms with Gasteiger partial charge >= 0.3 is 0 Å². The summed E-state index contributed by atoms with van der Waals surface area (Å²) in [6, 6.07) is 3.58. The maximum atomic E-state index is 10.1. The first-order chi connectivity index (χ1) is 6.74. The van der Waals surface area contributed by atoms with Crippen LogP contribution in [0.4, 0.5) is 4.79 Å². The van der Waals surface area contributed by atoms with Gasteiger partial charge in [-0.25, -0.2) is 0 Å². The Bertz CT molecular complexity index is 335. The minimum Gasteiger partial charge on any atom is -0.529 e. The van der Waals surface area contributed by atoms with E-state index in [1.54, 1.807) is 18.5 Å². The van der Waals surface area contributed by atoms with Crippen LogP contribution in [0.15, 0.2) is 29.6 Å². The molecule has 0 unspecified atom stereocenters. The third kappa shape index (κ3) is 2.85. The maximum absolute atomic E-state index is 10.1. The molecule has 0 radical (unpaired) electrons. The number of pyridine rings is 1. The third-order valence-electron chi connectivity index (χ3n) is 1.61. The van der Waals surface area contributed by atoms with E-state index in [1.807, 2.05) is 18.4 Å². The van der Waals surface area contributed by atoms with Crippen molar-refractivity contribution in [3.8, 4) is 0 Å². The molecule has 74 valence electrons. The summed E-state index contributed by atoms with van der Waals surface area (Å²) in [6.45, 7) is 1.88. The van der Waals surface area contributed by atoms with Crippen LogP contribution in [0, 0.1) is 0 Å². The Hall–Kier alpha value is -1.91. The monoisotopic (exact) mass is 192 g/mol. The first kappa shape index (κ1) is 10.2. The fraction of sp³-hybridized carbons (Fsp3) is 0.222. The highest BCUT2D eigenvalue weighted by atomic mass is 16.4. The van der Waals surface area contributed by atoms with E-state index in [-0.39, 0.29) is 0 Å². The summed E-state index contributed by atoms with van der Waals surface area (Å²) >= 11 is 0. The van der Waals surface area contributed by atoms with Gasteiger partial charge in [-0.15, -0.1) is 0 Å². The molecule has 0 aliphatic rings. The van der Waals surface area contributed by atoms with E-state index in [2.05, 4.69) is 10.1 Å². The molecule has 0 bridgehead atoms. The van der Waals surface area contributed by atoms with Crippen LogP contribution >= 0.6 is 0 Å². The number of nitrogens with one attached hydrogen (secondary N) is 1. The number of nitrogens with zero attached hydrogens (tertiary/aromatic N) is 2. The van der Waals surface area contributed by atoms with Crippen LogP contribution < -0.4 is 10.5 Å². The number of carbonyl (C=O) groups is 1. The normalized spacial score (nSPS) is 11.1. The average Bonchev–Trinajstić information content (AvgIpc) is 2.20. The van der Waals surface area contributed by atoms with Crippen molar-refractivity contribution in [2.24, 2.45) is 5.10 Å². The van der Waals surface area contributed by atoms with Crippen LogP contribution in [0.5, 0.6) is 0 Å². The van der Waals surface area contributed by atoms with Crippen molar-refractivity contribution in [3.05, 3.63) is 30.1 Å². The predicted molar refractivity (Wildman–Crippen MR) is 49.6 cm³/mol. The molecule has 0 aliphatic heterocycles. The Labute approximate surface area is 81.5 Å². The summed E-state index contributed by atoms with van der Waals surface area (Å²) in [7, 11) is 0. The molecule has 14 heavy (non-hydrogen) atoms. The highest BCUT2D eigenvalue weighted by Gasteiger charge is 1.99. The van der Waals surface area contributed by atoms with E-state index in [0.29, 0.717) is 12.1 Å². The fourth-order valence-electron chi connectivity index (χ4n) is 0.994. The lowest BCUT2D eigenvalue weighted by atomic mass is 10.1. The van der Waals surface area contributed by atoms with Gasteiger partial charge in [0, 0.05) is 18.0 Å². The quantitative estimate of drug-likeness (QED) is 0.546. The molecule has 0 saturated heterocycles. The number of aromatic nitrogens is 1. The zero-order chi connectivity index (χ0) is 10.4. The first-order valence-electron chi connectivity index (χ1n) is 4.18. The van der Waals surface area contributed by atoms with Gasteiger partial charge < -0.3 is 9.90 Å². The van der Waals surface area contributed by atoms with Gasteiger partial charge in [-0.3, -0.25) is 10.4 Å². The second kappa shape index (κ2) is 4.96. The zero-order valence-electron chi connectivity index (χ0n) is 7.73. The summed E-state index contributed by atoms with van der Waals surface area (Å²) in [6.07, 6.45) is 2.47. The van der Waals surface area contributed by atoms with Crippen LogP contribution in [0.25, 0.3) is 0 Å². The van der Waals surface area contributed by atoms with Crippen LogP contribution in [0.1, 0.15) is 18.9 Å². The molecular formula is C9H10N3O2-. The summed E-state index contributed by atoms with van der Waals surface area (Å²) < 4.78 is 0. The molecule has 0 fully saturated rings.